The number of ether oxygens (including phenoxy) is 3. The van der Waals surface area contributed by atoms with Crippen LogP contribution in [0.4, 0.5) is 5.69 Å². The van der Waals surface area contributed by atoms with Crippen molar-refractivity contribution >= 4 is 41.7 Å². The number of hydrogen-bond donors (Lipinski definition) is 0. The zero-order valence-electron chi connectivity index (χ0n) is 18.9. The Kier molecular flexibility index (Phi) is 9.24. The summed E-state index contributed by atoms with van der Waals surface area (Å²) in [7, 11) is 7.12. The maximum Gasteiger partial charge on any atom is 0.303 e. The van der Waals surface area contributed by atoms with E-state index in [0.717, 1.165) is 16.1 Å². The molecule has 2 atom stereocenters. The highest BCUT2D eigenvalue weighted by Gasteiger charge is 2.41. The van der Waals surface area contributed by atoms with Crippen LogP contribution in [-0.4, -0.2) is 64.3 Å². The van der Waals surface area contributed by atoms with Crippen LogP contribution < -0.4 is 14.4 Å². The first-order chi connectivity index (χ1) is 14.8. The largest absolute Gasteiger partial charge is 0.497 e. The topological polar surface area (TPSA) is 68.3 Å². The molecule has 0 N–H and O–H groups in total. The van der Waals surface area contributed by atoms with Gasteiger partial charge < -0.3 is 24.0 Å². The van der Waals surface area contributed by atoms with Gasteiger partial charge in [0, 0.05) is 24.9 Å². The molecule has 0 saturated heterocycles. The van der Waals surface area contributed by atoms with Crippen molar-refractivity contribution in [2.45, 2.75) is 23.2 Å². The average Bonchev–Trinajstić information content (AvgIpc) is 2.86. The van der Waals surface area contributed by atoms with Gasteiger partial charge in [-0.2, -0.15) is 0 Å². The van der Waals surface area contributed by atoms with Gasteiger partial charge in [-0.1, -0.05) is 12.1 Å². The molecular weight excluding hydrogens is 452 g/mol. The number of carbonyl (C=O) groups excluding carboxylic acids is 2. The van der Waals surface area contributed by atoms with Crippen molar-refractivity contribution in [1.82, 2.24) is 4.90 Å². The van der Waals surface area contributed by atoms with Crippen LogP contribution in [0.1, 0.15) is 17.7 Å². The molecule has 0 saturated carbocycles. The number of amides is 1. The zero-order chi connectivity index (χ0) is 22.5. The van der Waals surface area contributed by atoms with Crippen LogP contribution in [0.5, 0.6) is 11.5 Å². The molecule has 1 heterocycles. The molecule has 3 rings (SSSR count). The maximum absolute atomic E-state index is 13.7. The standard InChI is InChI=1S/C23H28N2O5S.ClH/c1-15(26)30-21-22(16-6-8-17(28-4)9-7-16)31-20-14-18(29-5)10-11-19(20)25(23(21)27)13-12-24(2)3;/h6-11,14,21-22H,12-13H2,1-5H3;1H/t21-,22+;/m1./s1. The Bertz CT molecular complexity index is 938. The van der Waals surface area contributed by atoms with E-state index in [0.29, 0.717) is 24.6 Å². The van der Waals surface area contributed by atoms with E-state index in [-0.39, 0.29) is 18.3 Å². The number of nitrogens with zero attached hydrogens (tertiary/aromatic N) is 2. The highest BCUT2D eigenvalue weighted by molar-refractivity contribution is 7.99. The Labute approximate surface area is 199 Å². The lowest BCUT2D eigenvalue weighted by atomic mass is 10.1. The molecule has 1 aliphatic rings. The first-order valence-corrected chi connectivity index (χ1v) is 10.8. The number of thioether (sulfide) groups is 1. The average molecular weight is 481 g/mol. The summed E-state index contributed by atoms with van der Waals surface area (Å²) in [5, 5.41) is -0.419. The number of anilines is 1. The molecule has 0 bridgehead atoms. The van der Waals surface area contributed by atoms with E-state index in [2.05, 4.69) is 0 Å². The molecule has 2 aromatic rings. The number of methoxy groups -OCH3 is 2. The fourth-order valence-electron chi connectivity index (χ4n) is 3.40. The quantitative estimate of drug-likeness (QED) is 0.558. The molecule has 0 radical (unpaired) electrons. The van der Waals surface area contributed by atoms with Gasteiger partial charge in [-0.15, -0.1) is 24.2 Å². The summed E-state index contributed by atoms with van der Waals surface area (Å²) in [5.41, 5.74) is 1.65. The van der Waals surface area contributed by atoms with Crippen molar-refractivity contribution in [3.63, 3.8) is 0 Å². The van der Waals surface area contributed by atoms with E-state index >= 15 is 0 Å². The number of carbonyl (C=O) groups is 2. The molecule has 0 aliphatic carbocycles. The van der Waals surface area contributed by atoms with Crippen LogP contribution in [0.25, 0.3) is 0 Å². The van der Waals surface area contributed by atoms with Gasteiger partial charge in [0.25, 0.3) is 5.91 Å². The number of halogens is 1. The summed E-state index contributed by atoms with van der Waals surface area (Å²) in [6.07, 6.45) is -0.962. The SMILES string of the molecule is COc1ccc([C@@H]2Sc3cc(OC)ccc3N(CCN(C)C)C(=O)[C@@H]2OC(C)=O)cc1.Cl. The minimum Gasteiger partial charge on any atom is -0.497 e. The van der Waals surface area contributed by atoms with Gasteiger partial charge in [-0.3, -0.25) is 9.59 Å². The van der Waals surface area contributed by atoms with Gasteiger partial charge in [0.2, 0.25) is 0 Å². The molecule has 0 spiro atoms. The molecule has 0 aromatic heterocycles. The number of benzene rings is 2. The third kappa shape index (κ3) is 5.88. The molecule has 0 fully saturated rings. The Hall–Kier alpha value is -2.42. The third-order valence-electron chi connectivity index (χ3n) is 5.00. The molecule has 174 valence electrons. The van der Waals surface area contributed by atoms with Crippen molar-refractivity contribution in [3.05, 3.63) is 48.0 Å². The van der Waals surface area contributed by atoms with Gasteiger partial charge in [0.15, 0.2) is 6.10 Å². The number of rotatable bonds is 7. The smallest absolute Gasteiger partial charge is 0.303 e. The predicted octanol–water partition coefficient (Wildman–Crippen LogP) is 3.80. The second-order valence-corrected chi connectivity index (χ2v) is 8.65. The lowest BCUT2D eigenvalue weighted by Crippen LogP contribution is -2.45. The van der Waals surface area contributed by atoms with Crippen LogP contribution in [0.3, 0.4) is 0 Å². The lowest BCUT2D eigenvalue weighted by molar-refractivity contribution is -0.152. The summed E-state index contributed by atoms with van der Waals surface area (Å²) >= 11 is 1.49. The minimum absolute atomic E-state index is 0. The molecule has 32 heavy (non-hydrogen) atoms. The van der Waals surface area contributed by atoms with Crippen molar-refractivity contribution in [1.29, 1.82) is 0 Å². The normalized spacial score (nSPS) is 17.8. The van der Waals surface area contributed by atoms with E-state index < -0.39 is 17.3 Å². The number of likely N-dealkylation sites (N-methyl/N-ethyl adjacent to an activating group) is 1. The van der Waals surface area contributed by atoms with Gasteiger partial charge in [0.1, 0.15) is 11.5 Å². The molecule has 1 amide bonds. The molecule has 0 unspecified atom stereocenters. The fraction of sp³-hybridized carbons (Fsp3) is 0.391. The van der Waals surface area contributed by atoms with E-state index in [1.807, 2.05) is 61.5 Å². The Morgan fingerprint density at radius 1 is 1.06 bits per heavy atom. The van der Waals surface area contributed by atoms with E-state index in [1.54, 1.807) is 19.1 Å². The van der Waals surface area contributed by atoms with Crippen molar-refractivity contribution in [2.24, 2.45) is 0 Å². The fourth-order valence-corrected chi connectivity index (χ4v) is 4.74. The molecule has 2 aromatic carbocycles. The minimum atomic E-state index is -0.962. The second-order valence-electron chi connectivity index (χ2n) is 7.47. The summed E-state index contributed by atoms with van der Waals surface area (Å²) in [6.45, 7) is 2.47. The number of hydrogen-bond acceptors (Lipinski definition) is 7. The zero-order valence-corrected chi connectivity index (χ0v) is 20.5. The van der Waals surface area contributed by atoms with Crippen LogP contribution in [0.2, 0.25) is 0 Å². The summed E-state index contributed by atoms with van der Waals surface area (Å²) in [5.74, 6) is 0.681. The van der Waals surface area contributed by atoms with Crippen molar-refractivity contribution in [2.75, 3.05) is 46.3 Å². The Balaban J connectivity index is 0.00000363. The summed E-state index contributed by atoms with van der Waals surface area (Å²) in [6, 6.07) is 13.1. The van der Waals surface area contributed by atoms with Crippen LogP contribution in [0.15, 0.2) is 47.4 Å². The van der Waals surface area contributed by atoms with Crippen molar-refractivity contribution in [3.8, 4) is 11.5 Å². The van der Waals surface area contributed by atoms with Crippen LogP contribution in [-0.2, 0) is 14.3 Å². The predicted molar refractivity (Wildman–Crippen MR) is 128 cm³/mol. The van der Waals surface area contributed by atoms with E-state index in [9.17, 15) is 9.59 Å². The number of fused-ring (bicyclic) bond motifs is 1. The summed E-state index contributed by atoms with van der Waals surface area (Å²) < 4.78 is 16.3. The molecule has 9 heteroatoms. The third-order valence-corrected chi connectivity index (χ3v) is 6.36. The Morgan fingerprint density at radius 2 is 1.69 bits per heavy atom. The highest BCUT2D eigenvalue weighted by atomic mass is 35.5. The number of esters is 1. The molecule has 7 nitrogen and oxygen atoms in total. The second kappa shape index (κ2) is 11.4. The first kappa shape index (κ1) is 25.8. The monoisotopic (exact) mass is 480 g/mol. The van der Waals surface area contributed by atoms with Crippen LogP contribution in [0, 0.1) is 0 Å². The first-order valence-electron chi connectivity index (χ1n) is 9.96. The highest BCUT2D eigenvalue weighted by Crippen LogP contribution is 2.48. The Morgan fingerprint density at radius 3 is 2.25 bits per heavy atom. The van der Waals surface area contributed by atoms with Gasteiger partial charge in [-0.05, 0) is 50.0 Å². The van der Waals surface area contributed by atoms with Crippen molar-refractivity contribution < 1.29 is 23.8 Å². The van der Waals surface area contributed by atoms with E-state index in [1.165, 1.54) is 18.7 Å². The maximum atomic E-state index is 13.7. The van der Waals surface area contributed by atoms with Gasteiger partial charge in [0.05, 0.1) is 25.2 Å². The van der Waals surface area contributed by atoms with Crippen LogP contribution >= 0.6 is 24.2 Å². The van der Waals surface area contributed by atoms with Gasteiger partial charge in [-0.25, -0.2) is 0 Å². The molecule has 1 aliphatic heterocycles. The van der Waals surface area contributed by atoms with E-state index in [4.69, 9.17) is 14.2 Å². The molecular formula is C23H29ClN2O5S. The lowest BCUT2D eigenvalue weighted by Gasteiger charge is -2.28. The van der Waals surface area contributed by atoms with Gasteiger partial charge >= 0.3 is 5.97 Å². The summed E-state index contributed by atoms with van der Waals surface area (Å²) in [4.78, 5) is 30.2.